The van der Waals surface area contributed by atoms with E-state index in [1.54, 1.807) is 12.1 Å². The molecule has 1 fully saturated rings. The molecule has 2 aromatic rings. The van der Waals surface area contributed by atoms with Gasteiger partial charge in [0, 0.05) is 43.5 Å². The van der Waals surface area contributed by atoms with Gasteiger partial charge >= 0.3 is 0 Å². The van der Waals surface area contributed by atoms with Crippen molar-refractivity contribution in [2.45, 2.75) is 13.5 Å². The van der Waals surface area contributed by atoms with Crippen molar-refractivity contribution in [2.24, 2.45) is 0 Å². The van der Waals surface area contributed by atoms with Gasteiger partial charge in [0.25, 0.3) is 5.91 Å². The standard InChI is InChI=1S/C16H20N4O2.2ClH/c1-12-9-15(22-18-12)11-19-5-7-20(8-6-19)16(21)13-3-2-4-14(17)10-13;;/h2-4,9-10H,5-8,11,17H2,1H3;2*1H. The van der Waals surface area contributed by atoms with Crippen LogP contribution in [0.1, 0.15) is 21.8 Å². The van der Waals surface area contributed by atoms with Crippen LogP contribution in [0.25, 0.3) is 0 Å². The summed E-state index contributed by atoms with van der Waals surface area (Å²) in [6.45, 7) is 5.72. The van der Waals surface area contributed by atoms with Crippen LogP contribution in [0.15, 0.2) is 34.9 Å². The molecule has 1 aromatic carbocycles. The molecule has 0 atom stereocenters. The van der Waals surface area contributed by atoms with Crippen LogP contribution in [0.3, 0.4) is 0 Å². The van der Waals surface area contributed by atoms with Crippen LogP contribution in [0.5, 0.6) is 0 Å². The molecule has 132 valence electrons. The number of amides is 1. The van der Waals surface area contributed by atoms with E-state index in [4.69, 9.17) is 10.3 Å². The maximum absolute atomic E-state index is 12.4. The number of anilines is 1. The highest BCUT2D eigenvalue weighted by Gasteiger charge is 2.22. The number of hydrogen-bond donors (Lipinski definition) is 1. The molecule has 0 bridgehead atoms. The number of aromatic nitrogens is 1. The number of carbonyl (C=O) groups is 1. The lowest BCUT2D eigenvalue weighted by Crippen LogP contribution is -2.48. The van der Waals surface area contributed by atoms with Gasteiger partial charge in [-0.2, -0.15) is 0 Å². The van der Waals surface area contributed by atoms with Gasteiger partial charge in [-0.15, -0.1) is 24.8 Å². The molecule has 2 heterocycles. The zero-order valence-electron chi connectivity index (χ0n) is 13.5. The number of halogens is 2. The van der Waals surface area contributed by atoms with E-state index in [1.807, 2.05) is 30.0 Å². The summed E-state index contributed by atoms with van der Waals surface area (Å²) in [6.07, 6.45) is 0. The lowest BCUT2D eigenvalue weighted by atomic mass is 10.1. The number of nitrogen functional groups attached to an aromatic ring is 1. The zero-order chi connectivity index (χ0) is 15.5. The first-order valence-electron chi connectivity index (χ1n) is 7.41. The Hall–Kier alpha value is -1.76. The minimum absolute atomic E-state index is 0. The molecule has 8 heteroatoms. The first-order valence-corrected chi connectivity index (χ1v) is 7.41. The lowest BCUT2D eigenvalue weighted by molar-refractivity contribution is 0.0617. The first-order chi connectivity index (χ1) is 10.6. The van der Waals surface area contributed by atoms with E-state index in [0.717, 1.165) is 31.1 Å². The summed E-state index contributed by atoms with van der Waals surface area (Å²) in [5.41, 5.74) is 7.90. The van der Waals surface area contributed by atoms with Crippen molar-refractivity contribution in [1.82, 2.24) is 15.0 Å². The average Bonchev–Trinajstić information content (AvgIpc) is 2.92. The number of carbonyl (C=O) groups excluding carboxylic acids is 1. The van der Waals surface area contributed by atoms with Crippen molar-refractivity contribution >= 4 is 36.4 Å². The molecule has 3 rings (SSSR count). The number of nitrogens with two attached hydrogens (primary N) is 1. The molecule has 0 unspecified atom stereocenters. The number of rotatable bonds is 3. The monoisotopic (exact) mass is 372 g/mol. The van der Waals surface area contributed by atoms with Crippen LogP contribution in [0, 0.1) is 6.92 Å². The van der Waals surface area contributed by atoms with Crippen molar-refractivity contribution in [1.29, 1.82) is 0 Å². The smallest absolute Gasteiger partial charge is 0.254 e. The van der Waals surface area contributed by atoms with Crippen molar-refractivity contribution in [3.63, 3.8) is 0 Å². The van der Waals surface area contributed by atoms with Crippen molar-refractivity contribution in [3.05, 3.63) is 47.3 Å². The van der Waals surface area contributed by atoms with E-state index in [1.165, 1.54) is 0 Å². The number of benzene rings is 1. The lowest BCUT2D eigenvalue weighted by Gasteiger charge is -2.34. The number of hydrogen-bond acceptors (Lipinski definition) is 5. The summed E-state index contributed by atoms with van der Waals surface area (Å²) in [7, 11) is 0. The van der Waals surface area contributed by atoms with Gasteiger partial charge in [-0.3, -0.25) is 9.69 Å². The highest BCUT2D eigenvalue weighted by Crippen LogP contribution is 2.14. The van der Waals surface area contributed by atoms with Crippen LogP contribution in [-0.4, -0.2) is 47.0 Å². The summed E-state index contributed by atoms with van der Waals surface area (Å²) in [5, 5.41) is 3.90. The maximum atomic E-state index is 12.4. The molecule has 24 heavy (non-hydrogen) atoms. The Kier molecular flexibility index (Phi) is 7.54. The third kappa shape index (κ3) is 4.87. The Morgan fingerprint density at radius 2 is 1.92 bits per heavy atom. The van der Waals surface area contributed by atoms with Crippen LogP contribution >= 0.6 is 24.8 Å². The van der Waals surface area contributed by atoms with Crippen LogP contribution in [0.2, 0.25) is 0 Å². The number of nitrogens with zero attached hydrogens (tertiary/aromatic N) is 3. The van der Waals surface area contributed by atoms with Gasteiger partial charge in [0.1, 0.15) is 0 Å². The van der Waals surface area contributed by atoms with Crippen molar-refractivity contribution in [3.8, 4) is 0 Å². The van der Waals surface area contributed by atoms with E-state index in [2.05, 4.69) is 10.1 Å². The third-order valence-electron chi connectivity index (χ3n) is 3.85. The minimum Gasteiger partial charge on any atom is -0.399 e. The Bertz CT molecular complexity index is 670. The summed E-state index contributed by atoms with van der Waals surface area (Å²) in [6, 6.07) is 9.08. The molecule has 0 radical (unpaired) electrons. The topological polar surface area (TPSA) is 75.6 Å². The van der Waals surface area contributed by atoms with E-state index < -0.39 is 0 Å². The van der Waals surface area contributed by atoms with Crippen LogP contribution < -0.4 is 5.73 Å². The second kappa shape index (κ2) is 8.92. The zero-order valence-corrected chi connectivity index (χ0v) is 15.1. The van der Waals surface area contributed by atoms with Gasteiger partial charge in [0.2, 0.25) is 0 Å². The SMILES string of the molecule is Cc1cc(CN2CCN(C(=O)c3cccc(N)c3)CC2)on1.Cl.Cl. The number of piperazine rings is 1. The molecule has 1 saturated heterocycles. The fourth-order valence-electron chi connectivity index (χ4n) is 2.67. The van der Waals surface area contributed by atoms with Gasteiger partial charge in [-0.05, 0) is 25.1 Å². The first kappa shape index (κ1) is 20.3. The van der Waals surface area contributed by atoms with E-state index >= 15 is 0 Å². The molecule has 2 N–H and O–H groups in total. The Morgan fingerprint density at radius 1 is 1.21 bits per heavy atom. The quantitative estimate of drug-likeness (QED) is 0.836. The largest absolute Gasteiger partial charge is 0.399 e. The van der Waals surface area contributed by atoms with Crippen molar-refractivity contribution in [2.75, 3.05) is 31.9 Å². The van der Waals surface area contributed by atoms with E-state index in [-0.39, 0.29) is 30.7 Å². The third-order valence-corrected chi connectivity index (χ3v) is 3.85. The maximum Gasteiger partial charge on any atom is 0.254 e. The molecule has 0 aliphatic carbocycles. The number of aryl methyl sites for hydroxylation is 1. The normalized spacial score (nSPS) is 14.6. The fraction of sp³-hybridized carbons (Fsp3) is 0.375. The van der Waals surface area contributed by atoms with E-state index in [0.29, 0.717) is 24.3 Å². The van der Waals surface area contributed by atoms with Crippen molar-refractivity contribution < 1.29 is 9.32 Å². The Labute approximate surface area is 153 Å². The van der Waals surface area contributed by atoms with Gasteiger partial charge in [0.15, 0.2) is 5.76 Å². The molecule has 0 spiro atoms. The molecule has 1 amide bonds. The molecule has 1 aliphatic heterocycles. The molecule has 6 nitrogen and oxygen atoms in total. The molecule has 1 aromatic heterocycles. The van der Waals surface area contributed by atoms with Gasteiger partial charge in [0.05, 0.1) is 12.2 Å². The Morgan fingerprint density at radius 3 is 2.50 bits per heavy atom. The highest BCUT2D eigenvalue weighted by molar-refractivity contribution is 5.95. The van der Waals surface area contributed by atoms with Crippen LogP contribution in [-0.2, 0) is 6.54 Å². The summed E-state index contributed by atoms with van der Waals surface area (Å²) < 4.78 is 5.24. The fourth-order valence-corrected chi connectivity index (χ4v) is 2.67. The Balaban J connectivity index is 0.00000144. The summed E-state index contributed by atoms with van der Waals surface area (Å²) in [5.74, 6) is 0.913. The average molecular weight is 373 g/mol. The summed E-state index contributed by atoms with van der Waals surface area (Å²) in [4.78, 5) is 16.6. The molecular weight excluding hydrogens is 351 g/mol. The predicted molar refractivity (Wildman–Crippen MR) is 97.8 cm³/mol. The minimum atomic E-state index is 0. The molecular formula is C16H22Cl2N4O2. The highest BCUT2D eigenvalue weighted by atomic mass is 35.5. The van der Waals surface area contributed by atoms with Gasteiger partial charge in [-0.25, -0.2) is 0 Å². The van der Waals surface area contributed by atoms with Gasteiger partial charge < -0.3 is 15.2 Å². The van der Waals surface area contributed by atoms with Crippen LogP contribution in [0.4, 0.5) is 5.69 Å². The van der Waals surface area contributed by atoms with E-state index in [9.17, 15) is 4.79 Å². The second-order valence-corrected chi connectivity index (χ2v) is 5.63. The molecule has 0 saturated carbocycles. The molecule has 1 aliphatic rings. The van der Waals surface area contributed by atoms with Gasteiger partial charge in [-0.1, -0.05) is 11.2 Å². The predicted octanol–water partition coefficient (Wildman–Crippen LogP) is 2.37. The summed E-state index contributed by atoms with van der Waals surface area (Å²) >= 11 is 0. The second-order valence-electron chi connectivity index (χ2n) is 5.63.